The lowest BCUT2D eigenvalue weighted by molar-refractivity contribution is 1.25. The Hall–Kier alpha value is -2.79. The van der Waals surface area contributed by atoms with E-state index in [4.69, 9.17) is 10.5 Å². The summed E-state index contributed by atoms with van der Waals surface area (Å²) in [4.78, 5) is 3.27. The molecule has 5 heteroatoms. The zero-order valence-electron chi connectivity index (χ0n) is 10.1. The number of fused-ring (bicyclic) bond motifs is 1. The normalized spacial score (nSPS) is 9.56. The molecule has 5 nitrogen and oxygen atoms in total. The SMILES string of the molecule is Cc1[nH]c2ccc(NN=C(C#N)C#N)cc2c1C. The highest BCUT2D eigenvalue weighted by molar-refractivity contribution is 6.10. The molecule has 0 atom stereocenters. The summed E-state index contributed by atoms with van der Waals surface area (Å²) in [6.07, 6.45) is 0. The van der Waals surface area contributed by atoms with Gasteiger partial charge in [0.1, 0.15) is 12.1 Å². The average molecular weight is 237 g/mol. The number of nitrogens with zero attached hydrogens (tertiary/aromatic N) is 3. The number of benzene rings is 1. The van der Waals surface area contributed by atoms with Gasteiger partial charge in [-0.15, -0.1) is 0 Å². The van der Waals surface area contributed by atoms with E-state index in [2.05, 4.69) is 15.5 Å². The number of H-pyrrole nitrogens is 1. The minimum Gasteiger partial charge on any atom is -0.358 e. The van der Waals surface area contributed by atoms with Gasteiger partial charge in [0.05, 0.1) is 5.69 Å². The van der Waals surface area contributed by atoms with Crippen LogP contribution in [0.2, 0.25) is 0 Å². The molecule has 0 fully saturated rings. The van der Waals surface area contributed by atoms with E-state index in [1.165, 1.54) is 5.56 Å². The predicted octanol–water partition coefficient (Wildman–Crippen LogP) is 2.60. The second kappa shape index (κ2) is 4.60. The molecular weight excluding hydrogens is 226 g/mol. The van der Waals surface area contributed by atoms with Gasteiger partial charge in [-0.2, -0.15) is 15.6 Å². The summed E-state index contributed by atoms with van der Waals surface area (Å²) < 4.78 is 0. The van der Waals surface area contributed by atoms with Crippen molar-refractivity contribution in [2.75, 3.05) is 5.43 Å². The number of hydrogen-bond acceptors (Lipinski definition) is 4. The van der Waals surface area contributed by atoms with Gasteiger partial charge in [0, 0.05) is 16.6 Å². The zero-order chi connectivity index (χ0) is 13.1. The van der Waals surface area contributed by atoms with Crippen LogP contribution in [0.1, 0.15) is 11.3 Å². The minimum absolute atomic E-state index is 0.197. The van der Waals surface area contributed by atoms with E-state index in [-0.39, 0.29) is 5.71 Å². The van der Waals surface area contributed by atoms with Crippen molar-refractivity contribution < 1.29 is 0 Å². The Morgan fingerprint density at radius 2 is 2.00 bits per heavy atom. The van der Waals surface area contributed by atoms with E-state index in [0.717, 1.165) is 22.3 Å². The van der Waals surface area contributed by atoms with Crippen molar-refractivity contribution >= 4 is 22.3 Å². The first-order valence-corrected chi connectivity index (χ1v) is 5.38. The van der Waals surface area contributed by atoms with E-state index in [9.17, 15) is 0 Å². The summed E-state index contributed by atoms with van der Waals surface area (Å²) in [5.74, 6) is 0. The van der Waals surface area contributed by atoms with Gasteiger partial charge in [-0.1, -0.05) is 0 Å². The topological polar surface area (TPSA) is 87.8 Å². The van der Waals surface area contributed by atoms with Crippen LogP contribution in [0, 0.1) is 36.5 Å². The van der Waals surface area contributed by atoms with E-state index >= 15 is 0 Å². The second-order valence-corrected chi connectivity index (χ2v) is 3.93. The molecule has 0 unspecified atom stereocenters. The summed E-state index contributed by atoms with van der Waals surface area (Å²) in [6, 6.07) is 9.10. The van der Waals surface area contributed by atoms with E-state index in [0.29, 0.717) is 0 Å². The van der Waals surface area contributed by atoms with Crippen LogP contribution >= 0.6 is 0 Å². The fourth-order valence-corrected chi connectivity index (χ4v) is 1.73. The predicted molar refractivity (Wildman–Crippen MR) is 70.1 cm³/mol. The van der Waals surface area contributed by atoms with Crippen molar-refractivity contribution in [2.45, 2.75) is 13.8 Å². The van der Waals surface area contributed by atoms with E-state index in [1.807, 2.05) is 32.0 Å². The lowest BCUT2D eigenvalue weighted by Crippen LogP contribution is -1.96. The Labute approximate surface area is 104 Å². The van der Waals surface area contributed by atoms with Crippen molar-refractivity contribution in [1.29, 1.82) is 10.5 Å². The molecule has 18 heavy (non-hydrogen) atoms. The third-order valence-electron chi connectivity index (χ3n) is 2.82. The first-order valence-electron chi connectivity index (χ1n) is 5.38. The molecule has 0 aliphatic rings. The van der Waals surface area contributed by atoms with Crippen LogP contribution in [0.3, 0.4) is 0 Å². The first-order chi connectivity index (χ1) is 8.65. The van der Waals surface area contributed by atoms with Crippen LogP contribution in [0.15, 0.2) is 23.3 Å². The van der Waals surface area contributed by atoms with Gasteiger partial charge in [-0.3, -0.25) is 5.43 Å². The fourth-order valence-electron chi connectivity index (χ4n) is 1.73. The summed E-state index contributed by atoms with van der Waals surface area (Å²) in [5.41, 5.74) is 6.61. The summed E-state index contributed by atoms with van der Waals surface area (Å²) in [6.45, 7) is 4.06. The number of aromatic amines is 1. The van der Waals surface area contributed by atoms with E-state index < -0.39 is 0 Å². The molecule has 2 N–H and O–H groups in total. The van der Waals surface area contributed by atoms with Gasteiger partial charge >= 0.3 is 0 Å². The smallest absolute Gasteiger partial charge is 0.237 e. The molecule has 0 saturated carbocycles. The maximum atomic E-state index is 8.57. The minimum atomic E-state index is -0.197. The Morgan fingerprint density at radius 3 is 2.67 bits per heavy atom. The van der Waals surface area contributed by atoms with Gasteiger partial charge in [-0.25, -0.2) is 0 Å². The molecule has 0 aliphatic heterocycles. The lowest BCUT2D eigenvalue weighted by atomic mass is 10.1. The first kappa shape index (κ1) is 11.7. The highest BCUT2D eigenvalue weighted by Gasteiger charge is 2.04. The maximum absolute atomic E-state index is 8.57. The number of rotatable bonds is 2. The van der Waals surface area contributed by atoms with Crippen molar-refractivity contribution in [3.05, 3.63) is 29.5 Å². The molecule has 1 heterocycles. The van der Waals surface area contributed by atoms with Crippen LogP contribution in [0.25, 0.3) is 10.9 Å². The average Bonchev–Trinajstić information content (AvgIpc) is 2.67. The van der Waals surface area contributed by atoms with Crippen LogP contribution in [0.5, 0.6) is 0 Å². The molecule has 2 rings (SSSR count). The zero-order valence-corrected chi connectivity index (χ0v) is 10.1. The third kappa shape index (κ3) is 2.02. The number of hydrazone groups is 1. The highest BCUT2D eigenvalue weighted by atomic mass is 15.3. The number of nitriles is 2. The largest absolute Gasteiger partial charge is 0.358 e. The Morgan fingerprint density at radius 1 is 1.28 bits per heavy atom. The molecular formula is C13H11N5. The number of aryl methyl sites for hydroxylation is 2. The molecule has 0 amide bonds. The van der Waals surface area contributed by atoms with E-state index in [1.54, 1.807) is 12.1 Å². The van der Waals surface area contributed by atoms with Crippen molar-refractivity contribution in [3.8, 4) is 12.1 Å². The molecule has 0 radical (unpaired) electrons. The third-order valence-corrected chi connectivity index (χ3v) is 2.82. The number of nitrogens with one attached hydrogen (secondary N) is 2. The molecule has 0 aliphatic carbocycles. The Kier molecular flexibility index (Phi) is 2.99. The molecule has 0 bridgehead atoms. The van der Waals surface area contributed by atoms with Crippen molar-refractivity contribution in [2.24, 2.45) is 5.10 Å². The van der Waals surface area contributed by atoms with Gasteiger partial charge < -0.3 is 4.98 Å². The molecule has 1 aromatic carbocycles. The molecule has 88 valence electrons. The lowest BCUT2D eigenvalue weighted by Gasteiger charge is -2.00. The fraction of sp³-hybridized carbons (Fsp3) is 0.154. The number of anilines is 1. The standard InChI is InChI=1S/C13H11N5/c1-8-9(2)16-13-4-3-10(5-12(8)13)17-18-11(6-14)7-15/h3-5,16-17H,1-2H3. The Balaban J connectivity index is 2.37. The molecule has 0 spiro atoms. The van der Waals surface area contributed by atoms with Crippen LogP contribution < -0.4 is 5.43 Å². The van der Waals surface area contributed by atoms with Gasteiger partial charge in [0.15, 0.2) is 0 Å². The summed E-state index contributed by atoms with van der Waals surface area (Å²) in [7, 11) is 0. The van der Waals surface area contributed by atoms with Gasteiger partial charge in [0.2, 0.25) is 5.71 Å². The van der Waals surface area contributed by atoms with Crippen LogP contribution in [-0.2, 0) is 0 Å². The summed E-state index contributed by atoms with van der Waals surface area (Å²) in [5, 5.41) is 22.0. The number of hydrogen-bond donors (Lipinski definition) is 2. The maximum Gasteiger partial charge on any atom is 0.237 e. The van der Waals surface area contributed by atoms with Crippen LogP contribution in [-0.4, -0.2) is 10.7 Å². The van der Waals surface area contributed by atoms with Gasteiger partial charge in [0.25, 0.3) is 0 Å². The molecule has 0 saturated heterocycles. The van der Waals surface area contributed by atoms with Crippen molar-refractivity contribution in [1.82, 2.24) is 4.98 Å². The number of aromatic nitrogens is 1. The summed E-state index contributed by atoms with van der Waals surface area (Å²) >= 11 is 0. The molecule has 1 aromatic heterocycles. The van der Waals surface area contributed by atoms with Crippen molar-refractivity contribution in [3.63, 3.8) is 0 Å². The van der Waals surface area contributed by atoms with Gasteiger partial charge in [-0.05, 0) is 37.6 Å². The quantitative estimate of drug-likeness (QED) is 0.621. The Bertz CT molecular complexity index is 693. The second-order valence-electron chi connectivity index (χ2n) is 3.93. The monoisotopic (exact) mass is 237 g/mol. The highest BCUT2D eigenvalue weighted by Crippen LogP contribution is 2.24. The van der Waals surface area contributed by atoms with Crippen LogP contribution in [0.4, 0.5) is 5.69 Å². The molecule has 2 aromatic rings.